The van der Waals surface area contributed by atoms with E-state index in [2.05, 4.69) is 22.2 Å². The molecule has 17 heavy (non-hydrogen) atoms. The average Bonchev–Trinajstić information content (AvgIpc) is 3.06. The molecule has 1 N–H and O–H groups in total. The number of pyridine rings is 2. The number of amides is 1. The first-order valence-corrected chi connectivity index (χ1v) is 5.75. The normalized spacial score (nSPS) is 22.4. The lowest BCUT2D eigenvalue weighted by Crippen LogP contribution is -2.15. The van der Waals surface area contributed by atoms with Crippen LogP contribution in [0.5, 0.6) is 0 Å². The van der Waals surface area contributed by atoms with Gasteiger partial charge in [0, 0.05) is 23.7 Å². The third-order valence-corrected chi connectivity index (χ3v) is 3.19. The van der Waals surface area contributed by atoms with Gasteiger partial charge in [-0.05, 0) is 30.5 Å². The molecule has 1 aliphatic rings. The number of hydrogen-bond acceptors (Lipinski definition) is 3. The van der Waals surface area contributed by atoms with Gasteiger partial charge in [0.25, 0.3) is 0 Å². The molecule has 1 fully saturated rings. The first-order chi connectivity index (χ1) is 8.24. The van der Waals surface area contributed by atoms with Crippen molar-refractivity contribution in [1.29, 1.82) is 0 Å². The molecule has 2 atom stereocenters. The van der Waals surface area contributed by atoms with Crippen molar-refractivity contribution < 1.29 is 4.79 Å². The van der Waals surface area contributed by atoms with Crippen LogP contribution in [-0.4, -0.2) is 15.9 Å². The molecule has 0 saturated heterocycles. The molecule has 2 heterocycles. The first kappa shape index (κ1) is 10.2. The first-order valence-electron chi connectivity index (χ1n) is 5.75. The summed E-state index contributed by atoms with van der Waals surface area (Å²) in [5.74, 6) is 1.38. The lowest BCUT2D eigenvalue weighted by molar-refractivity contribution is -0.117. The highest BCUT2D eigenvalue weighted by Gasteiger charge is 2.39. The summed E-state index contributed by atoms with van der Waals surface area (Å²) in [5, 5.41) is 3.83. The summed E-state index contributed by atoms with van der Waals surface area (Å²) in [6, 6.07) is 5.57. The van der Waals surface area contributed by atoms with Gasteiger partial charge in [0.15, 0.2) is 0 Å². The number of carbonyl (C=O) groups is 1. The zero-order valence-corrected chi connectivity index (χ0v) is 9.55. The van der Waals surface area contributed by atoms with Crippen LogP contribution in [-0.2, 0) is 4.79 Å². The Morgan fingerprint density at radius 2 is 2.24 bits per heavy atom. The Morgan fingerprint density at radius 3 is 3.00 bits per heavy atom. The van der Waals surface area contributed by atoms with E-state index in [1.165, 1.54) is 0 Å². The lowest BCUT2D eigenvalue weighted by Gasteiger charge is -2.04. The van der Waals surface area contributed by atoms with Crippen molar-refractivity contribution in [2.75, 3.05) is 5.32 Å². The van der Waals surface area contributed by atoms with Gasteiger partial charge in [0.05, 0.1) is 5.52 Å². The number of nitrogens with one attached hydrogen (secondary N) is 1. The minimum atomic E-state index is 0.0819. The highest BCUT2D eigenvalue weighted by atomic mass is 16.2. The molecule has 0 radical (unpaired) electrons. The summed E-state index contributed by atoms with van der Waals surface area (Å²) in [4.78, 5) is 20.2. The smallest absolute Gasteiger partial charge is 0.228 e. The Hall–Kier alpha value is -1.97. The standard InChI is InChI=1S/C13H13N3O/c1-8-6-10(8)13(17)16-12-3-2-9-7-14-5-4-11(9)15-12/h2-5,7-8,10H,6H2,1H3,(H,15,16,17)/t8-,10-/m1/s1. The maximum absolute atomic E-state index is 11.8. The maximum Gasteiger partial charge on any atom is 0.228 e. The van der Waals surface area contributed by atoms with Gasteiger partial charge >= 0.3 is 0 Å². The molecule has 0 bridgehead atoms. The zero-order valence-electron chi connectivity index (χ0n) is 9.55. The summed E-state index contributed by atoms with van der Waals surface area (Å²) in [7, 11) is 0. The van der Waals surface area contributed by atoms with Gasteiger partial charge < -0.3 is 5.32 Å². The van der Waals surface area contributed by atoms with Gasteiger partial charge in [-0.3, -0.25) is 9.78 Å². The Kier molecular flexibility index (Phi) is 2.28. The quantitative estimate of drug-likeness (QED) is 0.855. The minimum absolute atomic E-state index is 0.0819. The predicted molar refractivity (Wildman–Crippen MR) is 65.4 cm³/mol. The highest BCUT2D eigenvalue weighted by molar-refractivity contribution is 5.94. The van der Waals surface area contributed by atoms with Gasteiger partial charge in [0.2, 0.25) is 5.91 Å². The number of aromatic nitrogens is 2. The van der Waals surface area contributed by atoms with E-state index in [0.717, 1.165) is 17.3 Å². The van der Waals surface area contributed by atoms with Crippen LogP contribution in [0.3, 0.4) is 0 Å². The Bertz CT molecular complexity index is 582. The van der Waals surface area contributed by atoms with Crippen LogP contribution in [0.15, 0.2) is 30.6 Å². The summed E-state index contributed by atoms with van der Waals surface area (Å²) in [6.07, 6.45) is 4.45. The molecule has 0 unspecified atom stereocenters. The van der Waals surface area contributed by atoms with Crippen molar-refractivity contribution in [2.45, 2.75) is 13.3 Å². The number of rotatable bonds is 2. The van der Waals surface area contributed by atoms with Crippen molar-refractivity contribution in [3.8, 4) is 0 Å². The van der Waals surface area contributed by atoms with E-state index in [-0.39, 0.29) is 11.8 Å². The fourth-order valence-corrected chi connectivity index (χ4v) is 1.94. The summed E-state index contributed by atoms with van der Waals surface area (Å²) < 4.78 is 0. The van der Waals surface area contributed by atoms with E-state index in [9.17, 15) is 4.79 Å². The minimum Gasteiger partial charge on any atom is -0.310 e. The average molecular weight is 227 g/mol. The molecule has 0 aliphatic heterocycles. The number of carbonyl (C=O) groups excluding carboxylic acids is 1. The van der Waals surface area contributed by atoms with E-state index < -0.39 is 0 Å². The van der Waals surface area contributed by atoms with E-state index in [1.54, 1.807) is 12.4 Å². The number of nitrogens with zero attached hydrogens (tertiary/aromatic N) is 2. The Labute approximate surface area is 99.1 Å². The zero-order chi connectivity index (χ0) is 11.8. The fourth-order valence-electron chi connectivity index (χ4n) is 1.94. The third-order valence-electron chi connectivity index (χ3n) is 3.19. The number of hydrogen-bond donors (Lipinski definition) is 1. The summed E-state index contributed by atoms with van der Waals surface area (Å²) in [6.45, 7) is 2.09. The van der Waals surface area contributed by atoms with Crippen LogP contribution in [0.2, 0.25) is 0 Å². The van der Waals surface area contributed by atoms with Gasteiger partial charge in [-0.2, -0.15) is 0 Å². The predicted octanol–water partition coefficient (Wildman–Crippen LogP) is 2.22. The van der Waals surface area contributed by atoms with Crippen molar-refractivity contribution in [3.05, 3.63) is 30.6 Å². The van der Waals surface area contributed by atoms with Crippen LogP contribution in [0, 0.1) is 11.8 Å². The molecule has 1 amide bonds. The molecule has 2 aromatic rings. The maximum atomic E-state index is 11.8. The Morgan fingerprint density at radius 1 is 1.41 bits per heavy atom. The van der Waals surface area contributed by atoms with Gasteiger partial charge in [-0.15, -0.1) is 0 Å². The second-order valence-electron chi connectivity index (χ2n) is 4.57. The molecule has 1 aliphatic carbocycles. The highest BCUT2D eigenvalue weighted by Crippen LogP contribution is 2.38. The van der Waals surface area contributed by atoms with Crippen LogP contribution >= 0.6 is 0 Å². The summed E-state index contributed by atoms with van der Waals surface area (Å²) >= 11 is 0. The molecule has 0 spiro atoms. The van der Waals surface area contributed by atoms with E-state index in [4.69, 9.17) is 0 Å². The van der Waals surface area contributed by atoms with Crippen LogP contribution in [0.4, 0.5) is 5.82 Å². The molecule has 4 nitrogen and oxygen atoms in total. The molecular formula is C13H13N3O. The third kappa shape index (κ3) is 1.98. The van der Waals surface area contributed by atoms with Crippen molar-refractivity contribution in [1.82, 2.24) is 9.97 Å². The van der Waals surface area contributed by atoms with E-state index >= 15 is 0 Å². The van der Waals surface area contributed by atoms with Gasteiger partial charge in [-0.25, -0.2) is 4.98 Å². The second kappa shape index (κ2) is 3.80. The molecule has 4 heteroatoms. The molecule has 86 valence electrons. The van der Waals surface area contributed by atoms with E-state index in [0.29, 0.717) is 11.7 Å². The van der Waals surface area contributed by atoms with Crippen LogP contribution in [0.25, 0.3) is 10.9 Å². The van der Waals surface area contributed by atoms with E-state index in [1.807, 2.05) is 18.2 Å². The Balaban J connectivity index is 1.83. The topological polar surface area (TPSA) is 54.9 Å². The molecular weight excluding hydrogens is 214 g/mol. The monoisotopic (exact) mass is 227 g/mol. The SMILES string of the molecule is C[C@@H]1C[C@H]1C(=O)Nc1ccc2cnccc2n1. The largest absolute Gasteiger partial charge is 0.310 e. The lowest BCUT2D eigenvalue weighted by atomic mass is 10.2. The molecule has 1 saturated carbocycles. The van der Waals surface area contributed by atoms with Crippen molar-refractivity contribution in [3.63, 3.8) is 0 Å². The van der Waals surface area contributed by atoms with Gasteiger partial charge in [0.1, 0.15) is 5.82 Å². The molecule has 2 aromatic heterocycles. The van der Waals surface area contributed by atoms with Crippen molar-refractivity contribution >= 4 is 22.6 Å². The molecule has 0 aromatic carbocycles. The van der Waals surface area contributed by atoms with Crippen LogP contribution in [0.1, 0.15) is 13.3 Å². The van der Waals surface area contributed by atoms with Gasteiger partial charge in [-0.1, -0.05) is 6.92 Å². The number of fused-ring (bicyclic) bond motifs is 1. The number of anilines is 1. The fraction of sp³-hybridized carbons (Fsp3) is 0.308. The van der Waals surface area contributed by atoms with Crippen LogP contribution < -0.4 is 5.32 Å². The second-order valence-corrected chi connectivity index (χ2v) is 4.57. The van der Waals surface area contributed by atoms with Crippen molar-refractivity contribution in [2.24, 2.45) is 11.8 Å². The summed E-state index contributed by atoms with van der Waals surface area (Å²) in [5.41, 5.74) is 0.849. The molecule has 3 rings (SSSR count).